The first-order valence-corrected chi connectivity index (χ1v) is 7.58. The molecule has 1 aliphatic rings. The lowest BCUT2D eigenvalue weighted by Gasteiger charge is -2.19. The van der Waals surface area contributed by atoms with Crippen molar-refractivity contribution < 1.29 is 27.2 Å². The average Bonchev–Trinajstić information content (AvgIpc) is 3.16. The highest BCUT2D eigenvalue weighted by atomic mass is 19.4. The average molecular weight is 356 g/mol. The molecule has 3 rings (SSSR count). The lowest BCUT2D eigenvalue weighted by Crippen LogP contribution is -2.38. The second-order valence-corrected chi connectivity index (χ2v) is 5.61. The molecule has 0 atom stereocenters. The van der Waals surface area contributed by atoms with Gasteiger partial charge in [-0.1, -0.05) is 24.2 Å². The number of carbonyl (C=O) groups excluding carboxylic acids is 1. The van der Waals surface area contributed by atoms with Gasteiger partial charge in [0, 0.05) is 6.42 Å². The van der Waals surface area contributed by atoms with Crippen LogP contribution >= 0.6 is 0 Å². The first-order chi connectivity index (χ1) is 11.8. The molecule has 0 radical (unpaired) electrons. The number of alkyl halides is 3. The van der Waals surface area contributed by atoms with Gasteiger partial charge in [-0.2, -0.15) is 4.98 Å². The molecule has 25 heavy (non-hydrogen) atoms. The predicted molar refractivity (Wildman–Crippen MR) is 79.9 cm³/mol. The Hall–Kier alpha value is -2.78. The van der Waals surface area contributed by atoms with E-state index in [1.165, 1.54) is 18.2 Å². The third-order valence-corrected chi connectivity index (χ3v) is 3.73. The van der Waals surface area contributed by atoms with Crippen LogP contribution in [0, 0.1) is 0 Å². The molecule has 134 valence electrons. The standard InChI is InChI=1S/C15H15F3N4O3/c1-2-11-19-13(25-22-11)20-12(23)21-14(6-7-14)9-4-3-5-10(8-9)24-15(16,17)18/h3-5,8H,2,6-7H2,1H3,(H2,19,20,21,22,23). The van der Waals surface area contributed by atoms with Gasteiger partial charge in [-0.05, 0) is 30.5 Å². The van der Waals surface area contributed by atoms with Gasteiger partial charge in [0.15, 0.2) is 5.82 Å². The van der Waals surface area contributed by atoms with Crippen LogP contribution in [-0.2, 0) is 12.0 Å². The summed E-state index contributed by atoms with van der Waals surface area (Å²) in [4.78, 5) is 16.0. The predicted octanol–water partition coefficient (Wildman–Crippen LogP) is 3.34. The van der Waals surface area contributed by atoms with Crippen molar-refractivity contribution in [3.05, 3.63) is 35.7 Å². The zero-order chi connectivity index (χ0) is 18.1. The number of amides is 2. The van der Waals surface area contributed by atoms with Gasteiger partial charge >= 0.3 is 18.4 Å². The lowest BCUT2D eigenvalue weighted by molar-refractivity contribution is -0.274. The molecular weight excluding hydrogens is 341 g/mol. The number of aromatic nitrogens is 2. The molecule has 0 aliphatic heterocycles. The zero-order valence-corrected chi connectivity index (χ0v) is 13.2. The molecular formula is C15H15F3N4O3. The van der Waals surface area contributed by atoms with E-state index in [-0.39, 0.29) is 11.8 Å². The molecule has 1 aromatic carbocycles. The van der Waals surface area contributed by atoms with Crippen LogP contribution in [-0.4, -0.2) is 22.5 Å². The van der Waals surface area contributed by atoms with Crippen molar-refractivity contribution in [1.82, 2.24) is 15.5 Å². The molecule has 2 amide bonds. The maximum Gasteiger partial charge on any atom is 0.573 e. The van der Waals surface area contributed by atoms with Crippen LogP contribution in [0.15, 0.2) is 28.8 Å². The number of urea groups is 1. The van der Waals surface area contributed by atoms with Crippen molar-refractivity contribution in [1.29, 1.82) is 0 Å². The zero-order valence-electron chi connectivity index (χ0n) is 13.2. The minimum absolute atomic E-state index is 0.0423. The minimum atomic E-state index is -4.77. The second kappa shape index (κ2) is 6.26. The van der Waals surface area contributed by atoms with Crippen LogP contribution in [0.3, 0.4) is 0 Å². The molecule has 2 aromatic rings. The van der Waals surface area contributed by atoms with Crippen molar-refractivity contribution in [3.63, 3.8) is 0 Å². The largest absolute Gasteiger partial charge is 0.573 e. The van der Waals surface area contributed by atoms with Gasteiger partial charge in [0.2, 0.25) is 0 Å². The topological polar surface area (TPSA) is 89.3 Å². The Kier molecular flexibility index (Phi) is 4.27. The summed E-state index contributed by atoms with van der Waals surface area (Å²) in [5, 5.41) is 8.80. The van der Waals surface area contributed by atoms with E-state index in [2.05, 4.69) is 25.5 Å². The Morgan fingerprint density at radius 3 is 2.76 bits per heavy atom. The highest BCUT2D eigenvalue weighted by Gasteiger charge is 2.46. The van der Waals surface area contributed by atoms with E-state index in [4.69, 9.17) is 4.52 Å². The fourth-order valence-corrected chi connectivity index (χ4v) is 2.40. The summed E-state index contributed by atoms with van der Waals surface area (Å²) in [6.45, 7) is 1.84. The maximum atomic E-state index is 12.3. The molecule has 1 saturated carbocycles. The van der Waals surface area contributed by atoms with Gasteiger partial charge in [-0.25, -0.2) is 4.79 Å². The van der Waals surface area contributed by atoms with Crippen LogP contribution in [0.25, 0.3) is 0 Å². The van der Waals surface area contributed by atoms with Crippen molar-refractivity contribution in [2.24, 2.45) is 0 Å². The monoisotopic (exact) mass is 356 g/mol. The molecule has 1 heterocycles. The van der Waals surface area contributed by atoms with E-state index in [1.54, 1.807) is 6.07 Å². The third-order valence-electron chi connectivity index (χ3n) is 3.73. The number of halogens is 3. The summed E-state index contributed by atoms with van der Waals surface area (Å²) in [5.41, 5.74) is -0.202. The fourth-order valence-electron chi connectivity index (χ4n) is 2.40. The van der Waals surface area contributed by atoms with E-state index in [9.17, 15) is 18.0 Å². The van der Waals surface area contributed by atoms with E-state index in [0.29, 0.717) is 30.7 Å². The van der Waals surface area contributed by atoms with E-state index in [0.717, 1.165) is 0 Å². The number of aryl methyl sites for hydroxylation is 1. The molecule has 0 spiro atoms. The number of hydrogen-bond donors (Lipinski definition) is 2. The molecule has 1 fully saturated rings. The molecule has 1 aliphatic carbocycles. The normalized spacial score (nSPS) is 15.5. The van der Waals surface area contributed by atoms with Crippen LogP contribution in [0.4, 0.5) is 24.0 Å². The summed E-state index contributed by atoms with van der Waals surface area (Å²) in [7, 11) is 0. The van der Waals surface area contributed by atoms with Gasteiger partial charge in [-0.15, -0.1) is 13.2 Å². The summed E-state index contributed by atoms with van der Waals surface area (Å²) in [6.07, 6.45) is -3.02. The number of ether oxygens (including phenoxy) is 1. The summed E-state index contributed by atoms with van der Waals surface area (Å²) < 4.78 is 45.8. The molecule has 0 unspecified atom stereocenters. The SMILES string of the molecule is CCc1noc(NC(=O)NC2(c3cccc(OC(F)(F)F)c3)CC2)n1. The number of nitrogens with one attached hydrogen (secondary N) is 2. The number of rotatable bonds is 5. The summed E-state index contributed by atoms with van der Waals surface area (Å²) in [5.74, 6) is 0.122. The number of hydrogen-bond acceptors (Lipinski definition) is 5. The first-order valence-electron chi connectivity index (χ1n) is 7.58. The molecule has 1 aromatic heterocycles. The number of benzene rings is 1. The Morgan fingerprint density at radius 2 is 2.16 bits per heavy atom. The van der Waals surface area contributed by atoms with Crippen LogP contribution in [0.5, 0.6) is 5.75 Å². The molecule has 7 nitrogen and oxygen atoms in total. The number of carbonyl (C=O) groups is 1. The molecule has 10 heteroatoms. The van der Waals surface area contributed by atoms with Gasteiger partial charge in [0.1, 0.15) is 5.75 Å². The highest BCUT2D eigenvalue weighted by molar-refractivity contribution is 5.88. The quantitative estimate of drug-likeness (QED) is 0.858. The van der Waals surface area contributed by atoms with Crippen LogP contribution < -0.4 is 15.4 Å². The molecule has 0 saturated heterocycles. The minimum Gasteiger partial charge on any atom is -0.406 e. The van der Waals surface area contributed by atoms with E-state index >= 15 is 0 Å². The lowest BCUT2D eigenvalue weighted by atomic mass is 10.0. The van der Waals surface area contributed by atoms with Crippen LogP contribution in [0.2, 0.25) is 0 Å². The van der Waals surface area contributed by atoms with Crippen molar-refractivity contribution in [2.45, 2.75) is 38.1 Å². The maximum absolute atomic E-state index is 12.3. The van der Waals surface area contributed by atoms with Crippen molar-refractivity contribution in [2.75, 3.05) is 5.32 Å². The van der Waals surface area contributed by atoms with Gasteiger partial charge in [0.25, 0.3) is 0 Å². The molecule has 2 N–H and O–H groups in total. The van der Waals surface area contributed by atoms with E-state index < -0.39 is 17.9 Å². The number of anilines is 1. The van der Waals surface area contributed by atoms with Gasteiger partial charge < -0.3 is 14.6 Å². The summed E-state index contributed by atoms with van der Waals surface area (Å²) in [6, 6.07) is 4.94. The third kappa shape index (κ3) is 4.20. The smallest absolute Gasteiger partial charge is 0.406 e. The Bertz CT molecular complexity index is 771. The molecule has 0 bridgehead atoms. The van der Waals surface area contributed by atoms with E-state index in [1.807, 2.05) is 6.92 Å². The van der Waals surface area contributed by atoms with Crippen molar-refractivity contribution >= 4 is 12.0 Å². The Balaban J connectivity index is 1.67. The first kappa shape index (κ1) is 17.1. The highest BCUT2D eigenvalue weighted by Crippen LogP contribution is 2.46. The fraction of sp³-hybridized carbons (Fsp3) is 0.400. The Morgan fingerprint density at radius 1 is 1.40 bits per heavy atom. The van der Waals surface area contributed by atoms with Gasteiger partial charge in [0.05, 0.1) is 5.54 Å². The van der Waals surface area contributed by atoms with Gasteiger partial charge in [-0.3, -0.25) is 5.32 Å². The summed E-state index contributed by atoms with van der Waals surface area (Å²) >= 11 is 0. The Labute approximate surface area is 140 Å². The van der Waals surface area contributed by atoms with Crippen molar-refractivity contribution in [3.8, 4) is 5.75 Å². The second-order valence-electron chi connectivity index (χ2n) is 5.61. The number of nitrogens with zero attached hydrogens (tertiary/aromatic N) is 2. The van der Waals surface area contributed by atoms with Crippen LogP contribution in [0.1, 0.15) is 31.2 Å².